The molecule has 0 aliphatic rings. The molecule has 1 amide bonds. The summed E-state index contributed by atoms with van der Waals surface area (Å²) in [5.74, 6) is -0.0930. The van der Waals surface area contributed by atoms with Crippen molar-refractivity contribution in [1.82, 2.24) is 4.57 Å². The molecule has 0 atom stereocenters. The van der Waals surface area contributed by atoms with E-state index < -0.39 is 5.97 Å². The third-order valence-electron chi connectivity index (χ3n) is 4.81. The molecule has 0 saturated carbocycles. The van der Waals surface area contributed by atoms with Crippen LogP contribution in [0.2, 0.25) is 0 Å². The summed E-state index contributed by atoms with van der Waals surface area (Å²) in [6.07, 6.45) is 1.62. The molecule has 3 aromatic rings. The zero-order valence-electron chi connectivity index (χ0n) is 16.5. The number of carbonyl (C=O) groups excluding carboxylic acids is 2. The minimum Gasteiger partial charge on any atom is -0.467 e. The smallest absolute Gasteiger partial charge is 0.340 e. The lowest BCUT2D eigenvalue weighted by molar-refractivity contribution is -0.119. The average molecular weight is 380 g/mol. The van der Waals surface area contributed by atoms with Gasteiger partial charge in [0.05, 0.1) is 18.4 Å². The SMILES string of the molecule is Cc1ccc(NC(=O)COC(=O)c2cc(C)n(Cc3ccco3)c2C)cc1C. The molecule has 0 bridgehead atoms. The highest BCUT2D eigenvalue weighted by Gasteiger charge is 2.18. The maximum atomic E-state index is 12.5. The van der Waals surface area contributed by atoms with Crippen LogP contribution in [0, 0.1) is 27.7 Å². The summed E-state index contributed by atoms with van der Waals surface area (Å²) in [6, 6.07) is 11.1. The lowest BCUT2D eigenvalue weighted by atomic mass is 10.1. The van der Waals surface area contributed by atoms with Gasteiger partial charge in [-0.05, 0) is 69.2 Å². The lowest BCUT2D eigenvalue weighted by Crippen LogP contribution is -2.21. The molecule has 0 unspecified atom stereocenters. The maximum Gasteiger partial charge on any atom is 0.340 e. The zero-order chi connectivity index (χ0) is 20.3. The highest BCUT2D eigenvalue weighted by Crippen LogP contribution is 2.19. The number of nitrogens with zero attached hydrogens (tertiary/aromatic N) is 1. The fraction of sp³-hybridized carbons (Fsp3) is 0.273. The van der Waals surface area contributed by atoms with Gasteiger partial charge in [-0.2, -0.15) is 0 Å². The van der Waals surface area contributed by atoms with Crippen molar-refractivity contribution in [2.75, 3.05) is 11.9 Å². The summed E-state index contributed by atoms with van der Waals surface area (Å²) >= 11 is 0. The molecule has 146 valence electrons. The molecule has 1 N–H and O–H groups in total. The van der Waals surface area contributed by atoms with Crippen molar-refractivity contribution in [2.45, 2.75) is 34.2 Å². The minimum atomic E-state index is -0.519. The third-order valence-corrected chi connectivity index (χ3v) is 4.81. The predicted octanol–water partition coefficient (Wildman–Crippen LogP) is 4.16. The zero-order valence-corrected chi connectivity index (χ0v) is 16.5. The predicted molar refractivity (Wildman–Crippen MR) is 107 cm³/mol. The van der Waals surface area contributed by atoms with Gasteiger partial charge in [-0.1, -0.05) is 6.07 Å². The standard InChI is InChI=1S/C22H24N2O4/c1-14-7-8-18(10-15(14)2)23-21(25)13-28-22(26)20-11-16(3)24(17(20)4)12-19-6-5-9-27-19/h5-11H,12-13H2,1-4H3,(H,23,25). The van der Waals surface area contributed by atoms with Crippen LogP contribution in [0.5, 0.6) is 0 Å². The van der Waals surface area contributed by atoms with E-state index in [0.717, 1.165) is 28.3 Å². The van der Waals surface area contributed by atoms with E-state index in [9.17, 15) is 9.59 Å². The van der Waals surface area contributed by atoms with Crippen LogP contribution in [0.4, 0.5) is 5.69 Å². The summed E-state index contributed by atoms with van der Waals surface area (Å²) < 4.78 is 12.6. The van der Waals surface area contributed by atoms with Gasteiger partial charge < -0.3 is 19.0 Å². The van der Waals surface area contributed by atoms with Gasteiger partial charge in [-0.3, -0.25) is 4.79 Å². The molecule has 0 radical (unpaired) electrons. The van der Waals surface area contributed by atoms with Gasteiger partial charge in [0.15, 0.2) is 6.61 Å². The van der Waals surface area contributed by atoms with Crippen LogP contribution in [0.1, 0.15) is 38.6 Å². The molecule has 28 heavy (non-hydrogen) atoms. The molecule has 2 heterocycles. The average Bonchev–Trinajstić information content (AvgIpc) is 3.26. The molecule has 0 aliphatic heterocycles. The number of aromatic nitrogens is 1. The van der Waals surface area contributed by atoms with Crippen LogP contribution >= 0.6 is 0 Å². The Morgan fingerprint density at radius 3 is 2.54 bits per heavy atom. The molecule has 6 heteroatoms. The first-order valence-corrected chi connectivity index (χ1v) is 9.08. The van der Waals surface area contributed by atoms with E-state index in [2.05, 4.69) is 5.32 Å². The molecule has 0 aliphatic carbocycles. The van der Waals surface area contributed by atoms with Gasteiger partial charge in [0.25, 0.3) is 5.91 Å². The number of nitrogens with one attached hydrogen (secondary N) is 1. The number of hydrogen-bond donors (Lipinski definition) is 1. The second-order valence-corrected chi connectivity index (χ2v) is 6.87. The number of furan rings is 1. The van der Waals surface area contributed by atoms with E-state index in [-0.39, 0.29) is 12.5 Å². The van der Waals surface area contributed by atoms with Crippen molar-refractivity contribution < 1.29 is 18.7 Å². The molecule has 1 aromatic carbocycles. The summed E-state index contributed by atoms with van der Waals surface area (Å²) in [6.45, 7) is 7.94. The number of amides is 1. The highest BCUT2D eigenvalue weighted by atomic mass is 16.5. The monoisotopic (exact) mass is 380 g/mol. The fourth-order valence-electron chi connectivity index (χ4n) is 3.03. The van der Waals surface area contributed by atoms with Gasteiger partial charge in [0, 0.05) is 17.1 Å². The van der Waals surface area contributed by atoms with Crippen LogP contribution in [0.15, 0.2) is 47.1 Å². The van der Waals surface area contributed by atoms with Crippen LogP contribution in [0.3, 0.4) is 0 Å². The number of hydrogen-bond acceptors (Lipinski definition) is 4. The first-order valence-electron chi connectivity index (χ1n) is 9.08. The van der Waals surface area contributed by atoms with Gasteiger partial charge in [-0.25, -0.2) is 4.79 Å². The van der Waals surface area contributed by atoms with Crippen molar-refractivity contribution >= 4 is 17.6 Å². The maximum absolute atomic E-state index is 12.5. The molecular formula is C22H24N2O4. The number of carbonyl (C=O) groups is 2. The van der Waals surface area contributed by atoms with Gasteiger partial charge in [0.1, 0.15) is 5.76 Å². The minimum absolute atomic E-state index is 0.340. The largest absolute Gasteiger partial charge is 0.467 e. The Hall–Kier alpha value is -3.28. The summed E-state index contributed by atoms with van der Waals surface area (Å²) in [5, 5.41) is 2.74. The first kappa shape index (κ1) is 19.5. The van der Waals surface area contributed by atoms with E-state index in [1.165, 1.54) is 0 Å². The Labute approximate surface area is 164 Å². The van der Waals surface area contributed by atoms with Crippen molar-refractivity contribution in [1.29, 1.82) is 0 Å². The Balaban J connectivity index is 1.61. The van der Waals surface area contributed by atoms with E-state index in [1.54, 1.807) is 12.3 Å². The number of ether oxygens (including phenoxy) is 1. The number of esters is 1. The quantitative estimate of drug-likeness (QED) is 0.652. The van der Waals surface area contributed by atoms with E-state index in [4.69, 9.17) is 9.15 Å². The molecule has 6 nitrogen and oxygen atoms in total. The summed E-state index contributed by atoms with van der Waals surface area (Å²) in [4.78, 5) is 24.6. The number of benzene rings is 1. The van der Waals surface area contributed by atoms with Crippen LogP contribution in [0.25, 0.3) is 0 Å². The van der Waals surface area contributed by atoms with E-state index in [0.29, 0.717) is 17.8 Å². The highest BCUT2D eigenvalue weighted by molar-refractivity contribution is 5.96. The molecular weight excluding hydrogens is 356 g/mol. The van der Waals surface area contributed by atoms with Crippen molar-refractivity contribution in [3.8, 4) is 0 Å². The number of aryl methyl sites for hydroxylation is 3. The molecule has 0 saturated heterocycles. The Bertz CT molecular complexity index is 1000. The second-order valence-electron chi connectivity index (χ2n) is 6.87. The van der Waals surface area contributed by atoms with Crippen LogP contribution < -0.4 is 5.32 Å². The Morgan fingerprint density at radius 2 is 1.86 bits per heavy atom. The van der Waals surface area contributed by atoms with Gasteiger partial charge in [0.2, 0.25) is 0 Å². The third kappa shape index (κ3) is 4.34. The molecule has 0 fully saturated rings. The Morgan fingerprint density at radius 1 is 1.07 bits per heavy atom. The lowest BCUT2D eigenvalue weighted by Gasteiger charge is -2.09. The van der Waals surface area contributed by atoms with Crippen molar-refractivity contribution in [3.63, 3.8) is 0 Å². The Kier molecular flexibility index (Phi) is 5.68. The molecule has 2 aromatic heterocycles. The summed E-state index contributed by atoms with van der Waals surface area (Å²) in [7, 11) is 0. The van der Waals surface area contributed by atoms with Crippen molar-refractivity contribution in [2.24, 2.45) is 0 Å². The topological polar surface area (TPSA) is 73.5 Å². The number of rotatable bonds is 6. The number of anilines is 1. The first-order chi connectivity index (χ1) is 13.3. The van der Waals surface area contributed by atoms with E-state index in [1.807, 2.05) is 62.6 Å². The van der Waals surface area contributed by atoms with Crippen LogP contribution in [-0.4, -0.2) is 23.1 Å². The summed E-state index contributed by atoms with van der Waals surface area (Å²) in [5.41, 5.74) is 5.05. The second kappa shape index (κ2) is 8.17. The van der Waals surface area contributed by atoms with Gasteiger partial charge >= 0.3 is 5.97 Å². The molecule has 3 rings (SSSR count). The van der Waals surface area contributed by atoms with Gasteiger partial charge in [-0.15, -0.1) is 0 Å². The van der Waals surface area contributed by atoms with Crippen molar-refractivity contribution in [3.05, 3.63) is 76.5 Å². The normalized spacial score (nSPS) is 10.7. The van der Waals surface area contributed by atoms with Crippen LogP contribution in [-0.2, 0) is 16.1 Å². The fourth-order valence-corrected chi connectivity index (χ4v) is 3.03. The van der Waals surface area contributed by atoms with E-state index >= 15 is 0 Å². The molecule has 0 spiro atoms.